The van der Waals surface area contributed by atoms with Crippen LogP contribution < -0.4 is 5.32 Å². The van der Waals surface area contributed by atoms with Crippen molar-refractivity contribution in [2.75, 3.05) is 5.32 Å². The summed E-state index contributed by atoms with van der Waals surface area (Å²) in [6, 6.07) is 6.84. The minimum absolute atomic E-state index is 0.185. The van der Waals surface area contributed by atoms with Crippen LogP contribution in [0.15, 0.2) is 47.4 Å². The third-order valence-corrected chi connectivity index (χ3v) is 2.86. The van der Waals surface area contributed by atoms with Crippen molar-refractivity contribution < 1.29 is 9.32 Å². The molecule has 1 aromatic carbocycles. The maximum absolute atomic E-state index is 12.0. The van der Waals surface area contributed by atoms with Crippen molar-refractivity contribution >= 4 is 23.2 Å². The van der Waals surface area contributed by atoms with Crippen LogP contribution in [0, 0.1) is 0 Å². The minimum Gasteiger partial charge on any atom is -0.328 e. The van der Waals surface area contributed by atoms with E-state index in [0.717, 1.165) is 0 Å². The summed E-state index contributed by atoms with van der Waals surface area (Å²) in [7, 11) is 0. The number of carbonyl (C=O) groups is 1. The molecule has 0 atom stereocenters. The van der Waals surface area contributed by atoms with Crippen molar-refractivity contribution in [3.05, 3.63) is 53.8 Å². The van der Waals surface area contributed by atoms with Crippen molar-refractivity contribution in [3.63, 3.8) is 0 Å². The zero-order chi connectivity index (χ0) is 14.7. The van der Waals surface area contributed by atoms with Gasteiger partial charge in [-0.05, 0) is 12.1 Å². The number of hydrogen-bond donors (Lipinski definition) is 1. The van der Waals surface area contributed by atoms with Gasteiger partial charge in [-0.1, -0.05) is 28.9 Å². The molecule has 7 nitrogen and oxygen atoms in total. The molecule has 2 aromatic heterocycles. The van der Waals surface area contributed by atoms with Crippen LogP contribution in [0.2, 0.25) is 5.02 Å². The van der Waals surface area contributed by atoms with E-state index < -0.39 is 5.91 Å². The Hall–Kier alpha value is -2.80. The average molecular weight is 302 g/mol. The molecule has 2 heterocycles. The molecule has 0 aliphatic carbocycles. The van der Waals surface area contributed by atoms with Crippen LogP contribution in [0.5, 0.6) is 0 Å². The van der Waals surface area contributed by atoms with E-state index in [-0.39, 0.29) is 11.7 Å². The van der Waals surface area contributed by atoms with Crippen molar-refractivity contribution in [3.8, 4) is 11.5 Å². The lowest BCUT2D eigenvalue weighted by Gasteiger charge is -2.03. The Balaban J connectivity index is 1.80. The van der Waals surface area contributed by atoms with Crippen molar-refractivity contribution in [2.45, 2.75) is 0 Å². The summed E-state index contributed by atoms with van der Waals surface area (Å²) in [6.07, 6.45) is 4.49. The monoisotopic (exact) mass is 301 g/mol. The average Bonchev–Trinajstić information content (AvgIpc) is 3.00. The molecule has 0 unspecified atom stereocenters. The van der Waals surface area contributed by atoms with Crippen LogP contribution in [0.25, 0.3) is 11.5 Å². The Morgan fingerprint density at radius 2 is 2.10 bits per heavy atom. The highest BCUT2D eigenvalue weighted by atomic mass is 35.5. The number of nitrogens with one attached hydrogen (secondary N) is 1. The SMILES string of the molecule is O=C(Nc1ccccc1Cl)c1nc(-c2cnccn2)no1. The van der Waals surface area contributed by atoms with Gasteiger partial charge in [-0.3, -0.25) is 9.78 Å². The number of hydrogen-bond acceptors (Lipinski definition) is 6. The number of amides is 1. The van der Waals surface area contributed by atoms with E-state index in [1.807, 2.05) is 0 Å². The van der Waals surface area contributed by atoms with Gasteiger partial charge in [0.2, 0.25) is 5.82 Å². The molecule has 0 aliphatic heterocycles. The summed E-state index contributed by atoms with van der Waals surface area (Å²) in [6.45, 7) is 0. The molecule has 0 fully saturated rings. The van der Waals surface area contributed by atoms with Crippen LogP contribution in [0.1, 0.15) is 10.7 Å². The molecule has 0 saturated heterocycles. The number of benzene rings is 1. The fourth-order valence-corrected chi connectivity index (χ4v) is 1.76. The molecule has 3 aromatic rings. The van der Waals surface area contributed by atoms with E-state index >= 15 is 0 Å². The Bertz CT molecular complexity index is 775. The van der Waals surface area contributed by atoms with Crippen molar-refractivity contribution in [2.24, 2.45) is 0 Å². The maximum Gasteiger partial charge on any atom is 0.316 e. The van der Waals surface area contributed by atoms with Gasteiger partial charge in [-0.15, -0.1) is 0 Å². The third-order valence-electron chi connectivity index (χ3n) is 2.53. The Kier molecular flexibility index (Phi) is 3.57. The van der Waals surface area contributed by atoms with Gasteiger partial charge >= 0.3 is 11.8 Å². The predicted octanol–water partition coefficient (Wildman–Crippen LogP) is 2.43. The fourth-order valence-electron chi connectivity index (χ4n) is 1.57. The van der Waals surface area contributed by atoms with E-state index in [0.29, 0.717) is 16.4 Å². The van der Waals surface area contributed by atoms with Gasteiger partial charge < -0.3 is 9.84 Å². The van der Waals surface area contributed by atoms with Crippen molar-refractivity contribution in [1.29, 1.82) is 0 Å². The quantitative estimate of drug-likeness (QED) is 0.798. The number of anilines is 1. The first-order valence-electron chi connectivity index (χ1n) is 5.90. The summed E-state index contributed by atoms with van der Waals surface area (Å²) >= 11 is 5.96. The third kappa shape index (κ3) is 2.87. The highest BCUT2D eigenvalue weighted by Gasteiger charge is 2.17. The molecule has 0 saturated carbocycles. The number of rotatable bonds is 3. The van der Waals surface area contributed by atoms with Crippen LogP contribution in [-0.2, 0) is 0 Å². The van der Waals surface area contributed by atoms with Crippen LogP contribution in [0.3, 0.4) is 0 Å². The van der Waals surface area contributed by atoms with E-state index in [2.05, 4.69) is 25.4 Å². The maximum atomic E-state index is 12.0. The highest BCUT2D eigenvalue weighted by Crippen LogP contribution is 2.21. The number of halogens is 1. The standard InChI is InChI=1S/C13H8ClN5O2/c14-8-3-1-2-4-9(8)17-12(20)13-18-11(19-21-13)10-7-15-5-6-16-10/h1-7H,(H,17,20). The Labute approximate surface area is 124 Å². The molecule has 1 amide bonds. The molecule has 8 heteroatoms. The first kappa shape index (κ1) is 13.2. The first-order chi connectivity index (χ1) is 10.2. The first-order valence-corrected chi connectivity index (χ1v) is 6.28. The predicted molar refractivity (Wildman–Crippen MR) is 74.7 cm³/mol. The van der Waals surface area contributed by atoms with Crippen molar-refractivity contribution in [1.82, 2.24) is 20.1 Å². The normalized spacial score (nSPS) is 10.3. The lowest BCUT2D eigenvalue weighted by molar-refractivity contribution is 0.0981. The smallest absolute Gasteiger partial charge is 0.316 e. The lowest BCUT2D eigenvalue weighted by atomic mass is 10.3. The van der Waals surface area contributed by atoms with E-state index in [9.17, 15) is 4.79 Å². The van der Waals surface area contributed by atoms with Crippen LogP contribution >= 0.6 is 11.6 Å². The highest BCUT2D eigenvalue weighted by molar-refractivity contribution is 6.33. The lowest BCUT2D eigenvalue weighted by Crippen LogP contribution is -2.12. The topological polar surface area (TPSA) is 93.8 Å². The molecule has 0 radical (unpaired) electrons. The van der Waals surface area contributed by atoms with Gasteiger partial charge in [0.25, 0.3) is 0 Å². The second kappa shape index (κ2) is 5.68. The number of aromatic nitrogens is 4. The second-order valence-corrected chi connectivity index (χ2v) is 4.35. The van der Waals surface area contributed by atoms with E-state index in [1.165, 1.54) is 18.6 Å². The largest absolute Gasteiger partial charge is 0.328 e. The van der Waals surface area contributed by atoms with Gasteiger partial charge in [-0.25, -0.2) is 4.98 Å². The summed E-state index contributed by atoms with van der Waals surface area (Å²) in [5, 5.41) is 6.69. The molecule has 0 bridgehead atoms. The van der Waals surface area contributed by atoms with Crippen LogP contribution in [0.4, 0.5) is 5.69 Å². The minimum atomic E-state index is -0.550. The number of nitrogens with zero attached hydrogens (tertiary/aromatic N) is 4. The van der Waals surface area contributed by atoms with Crippen LogP contribution in [-0.4, -0.2) is 26.0 Å². The summed E-state index contributed by atoms with van der Waals surface area (Å²) in [5.74, 6) is -0.547. The van der Waals surface area contributed by atoms with Gasteiger partial charge in [0, 0.05) is 12.4 Å². The van der Waals surface area contributed by atoms with Gasteiger partial charge in [0.05, 0.1) is 16.9 Å². The molecular weight excluding hydrogens is 294 g/mol. The fraction of sp³-hybridized carbons (Fsp3) is 0. The van der Waals surface area contributed by atoms with E-state index in [1.54, 1.807) is 24.3 Å². The number of para-hydroxylation sites is 1. The van der Waals surface area contributed by atoms with Gasteiger partial charge in [0.15, 0.2) is 0 Å². The second-order valence-electron chi connectivity index (χ2n) is 3.95. The summed E-state index contributed by atoms with van der Waals surface area (Å²) < 4.78 is 4.91. The Morgan fingerprint density at radius 3 is 2.86 bits per heavy atom. The molecule has 1 N–H and O–H groups in total. The molecule has 104 valence electrons. The van der Waals surface area contributed by atoms with Gasteiger partial charge in [0.1, 0.15) is 5.69 Å². The Morgan fingerprint density at radius 1 is 1.24 bits per heavy atom. The molecular formula is C13H8ClN5O2. The molecule has 0 aliphatic rings. The molecule has 21 heavy (non-hydrogen) atoms. The summed E-state index contributed by atoms with van der Waals surface area (Å²) in [4.78, 5) is 23.9. The number of carbonyl (C=O) groups excluding carboxylic acids is 1. The summed E-state index contributed by atoms with van der Waals surface area (Å²) in [5.41, 5.74) is 0.876. The van der Waals surface area contributed by atoms with E-state index in [4.69, 9.17) is 16.1 Å². The zero-order valence-electron chi connectivity index (χ0n) is 10.5. The molecule has 3 rings (SSSR count). The molecule has 0 spiro atoms. The zero-order valence-corrected chi connectivity index (χ0v) is 11.3. The van der Waals surface area contributed by atoms with Gasteiger partial charge in [-0.2, -0.15) is 4.98 Å².